The fourth-order valence-corrected chi connectivity index (χ4v) is 8.63. The molecule has 3 unspecified atom stereocenters. The van der Waals surface area contributed by atoms with Crippen LogP contribution in [0, 0.1) is 16.7 Å². The first-order chi connectivity index (χ1) is 16.0. The monoisotopic (exact) mass is 494 g/mol. The van der Waals surface area contributed by atoms with E-state index in [1.54, 1.807) is 37.1 Å². The topological polar surface area (TPSA) is 97.1 Å². The van der Waals surface area contributed by atoms with E-state index in [1.807, 2.05) is 13.8 Å². The second-order valence-electron chi connectivity index (χ2n) is 11.1. The van der Waals surface area contributed by atoms with Crippen molar-refractivity contribution in [3.05, 3.63) is 24.2 Å². The van der Waals surface area contributed by atoms with E-state index in [1.165, 1.54) is 4.31 Å². The van der Waals surface area contributed by atoms with Crippen molar-refractivity contribution in [3.63, 3.8) is 0 Å². The Hall–Kier alpha value is -1.71. The summed E-state index contributed by atoms with van der Waals surface area (Å²) in [5.74, 6) is 0.421. The van der Waals surface area contributed by atoms with E-state index in [4.69, 9.17) is 9.15 Å². The van der Waals surface area contributed by atoms with Gasteiger partial charge in [-0.25, -0.2) is 8.42 Å². The summed E-state index contributed by atoms with van der Waals surface area (Å²) in [6.45, 7) is 8.67. The van der Waals surface area contributed by atoms with Crippen LogP contribution in [0.4, 0.5) is 0 Å². The second-order valence-corrected chi connectivity index (χ2v) is 13.0. The number of Topliss-reactive ketones (excluding diaryl/α,β-unsaturated/α-hetero) is 1. The molecule has 3 atom stereocenters. The number of fused-ring (bicyclic) bond motifs is 2. The molecule has 3 fully saturated rings. The van der Waals surface area contributed by atoms with Gasteiger partial charge in [-0.15, -0.1) is 0 Å². The number of hydrogen-bond acceptors (Lipinski definition) is 6. The van der Waals surface area contributed by atoms with Crippen LogP contribution in [0.2, 0.25) is 0 Å². The van der Waals surface area contributed by atoms with Crippen LogP contribution in [-0.4, -0.2) is 66.9 Å². The van der Waals surface area contributed by atoms with Crippen LogP contribution < -0.4 is 0 Å². The predicted octanol–water partition coefficient (Wildman–Crippen LogP) is 3.22. The Bertz CT molecular complexity index is 997. The van der Waals surface area contributed by atoms with E-state index in [0.29, 0.717) is 31.8 Å². The third-order valence-electron chi connectivity index (χ3n) is 8.52. The molecule has 0 N–H and O–H groups in total. The molecule has 190 valence electrons. The zero-order valence-corrected chi connectivity index (χ0v) is 21.6. The number of hydrogen-bond donors (Lipinski definition) is 0. The number of ketones is 1. The highest BCUT2D eigenvalue weighted by Gasteiger charge is 2.65. The number of furan rings is 1. The van der Waals surface area contributed by atoms with Gasteiger partial charge in [0.15, 0.2) is 0 Å². The number of carbonyl (C=O) groups excluding carboxylic acids is 2. The van der Waals surface area contributed by atoms with E-state index in [9.17, 15) is 18.0 Å². The highest BCUT2D eigenvalue weighted by molar-refractivity contribution is 7.89. The highest BCUT2D eigenvalue weighted by atomic mass is 32.2. The number of sulfonamides is 1. The minimum atomic E-state index is -3.86. The lowest BCUT2D eigenvalue weighted by atomic mass is 9.70. The van der Waals surface area contributed by atoms with Crippen molar-refractivity contribution >= 4 is 21.7 Å². The maximum Gasteiger partial charge on any atom is 0.238 e. The number of rotatable bonds is 10. The zero-order chi connectivity index (χ0) is 24.7. The van der Waals surface area contributed by atoms with Crippen LogP contribution in [-0.2, 0) is 30.9 Å². The summed E-state index contributed by atoms with van der Waals surface area (Å²) in [6.07, 6.45) is 5.26. The van der Waals surface area contributed by atoms with Crippen molar-refractivity contribution in [2.45, 2.75) is 78.5 Å². The van der Waals surface area contributed by atoms with Gasteiger partial charge in [0.1, 0.15) is 11.5 Å². The molecule has 9 heteroatoms. The Morgan fingerprint density at radius 1 is 1.26 bits per heavy atom. The van der Waals surface area contributed by atoms with Crippen molar-refractivity contribution in [2.24, 2.45) is 16.7 Å². The number of nitrogens with zero attached hydrogens (tertiary/aromatic N) is 2. The molecule has 2 aliphatic carbocycles. The Labute approximate surface area is 203 Å². The molecular formula is C25H38N2O6S. The molecule has 1 aliphatic heterocycles. The fraction of sp³-hybridized carbons (Fsp3) is 0.760. The fourth-order valence-electron chi connectivity index (χ4n) is 6.22. The number of ether oxygens (including phenoxy) is 1. The van der Waals surface area contributed by atoms with E-state index in [2.05, 4.69) is 0 Å². The number of carbonyl (C=O) groups is 2. The third kappa shape index (κ3) is 4.58. The molecule has 0 spiro atoms. The molecule has 0 aromatic carbocycles. The Morgan fingerprint density at radius 3 is 2.56 bits per heavy atom. The van der Waals surface area contributed by atoms with Crippen molar-refractivity contribution in [1.29, 1.82) is 0 Å². The molecule has 3 aliphatic rings. The SMILES string of the molecule is CC(C)N(CC(=O)N(Cc1ccco1)CC1CCCO1)S(=O)(=O)CC12CCC(CC1=O)C2(C)C. The lowest BCUT2D eigenvalue weighted by Crippen LogP contribution is -2.51. The zero-order valence-electron chi connectivity index (χ0n) is 20.8. The summed E-state index contributed by atoms with van der Waals surface area (Å²) in [5, 5.41) is 0. The highest BCUT2D eigenvalue weighted by Crippen LogP contribution is 2.64. The van der Waals surface area contributed by atoms with Gasteiger partial charge in [0.05, 0.1) is 31.2 Å². The van der Waals surface area contributed by atoms with Gasteiger partial charge in [-0.3, -0.25) is 9.59 Å². The van der Waals surface area contributed by atoms with Crippen molar-refractivity contribution in [2.75, 3.05) is 25.4 Å². The molecule has 1 aromatic rings. The quantitative estimate of drug-likeness (QED) is 0.495. The Kier molecular flexibility index (Phi) is 7.01. The van der Waals surface area contributed by atoms with Crippen LogP contribution in [0.3, 0.4) is 0 Å². The molecule has 2 bridgehead atoms. The van der Waals surface area contributed by atoms with E-state index in [0.717, 1.165) is 19.3 Å². The number of amides is 1. The minimum absolute atomic E-state index is 0.0604. The average Bonchev–Trinajstić information content (AvgIpc) is 3.52. The maximum absolute atomic E-state index is 13.7. The Balaban J connectivity index is 1.53. The molecule has 34 heavy (non-hydrogen) atoms. The van der Waals surface area contributed by atoms with Gasteiger partial charge < -0.3 is 14.1 Å². The maximum atomic E-state index is 13.7. The first-order valence-electron chi connectivity index (χ1n) is 12.4. The molecule has 2 saturated carbocycles. The second kappa shape index (κ2) is 9.39. The minimum Gasteiger partial charge on any atom is -0.467 e. The summed E-state index contributed by atoms with van der Waals surface area (Å²) >= 11 is 0. The van der Waals surface area contributed by atoms with Crippen molar-refractivity contribution in [3.8, 4) is 0 Å². The molecule has 1 aromatic heterocycles. The molecule has 2 heterocycles. The van der Waals surface area contributed by atoms with Gasteiger partial charge in [0, 0.05) is 31.0 Å². The van der Waals surface area contributed by atoms with Crippen molar-refractivity contribution < 1.29 is 27.2 Å². The predicted molar refractivity (Wildman–Crippen MR) is 127 cm³/mol. The van der Waals surface area contributed by atoms with Gasteiger partial charge in [-0.1, -0.05) is 13.8 Å². The Morgan fingerprint density at radius 2 is 2.03 bits per heavy atom. The van der Waals surface area contributed by atoms with Crippen LogP contribution >= 0.6 is 0 Å². The molecule has 1 saturated heterocycles. The van der Waals surface area contributed by atoms with E-state index in [-0.39, 0.29) is 48.0 Å². The summed E-state index contributed by atoms with van der Waals surface area (Å²) in [5.41, 5.74) is -1.22. The van der Waals surface area contributed by atoms with Crippen LogP contribution in [0.1, 0.15) is 65.6 Å². The largest absolute Gasteiger partial charge is 0.467 e. The van der Waals surface area contributed by atoms with Gasteiger partial charge >= 0.3 is 0 Å². The van der Waals surface area contributed by atoms with Gasteiger partial charge in [-0.05, 0) is 63.0 Å². The third-order valence-corrected chi connectivity index (χ3v) is 10.6. The van der Waals surface area contributed by atoms with Gasteiger partial charge in [0.2, 0.25) is 15.9 Å². The van der Waals surface area contributed by atoms with E-state index >= 15 is 0 Å². The van der Waals surface area contributed by atoms with Crippen LogP contribution in [0.25, 0.3) is 0 Å². The summed E-state index contributed by atoms with van der Waals surface area (Å²) in [7, 11) is -3.86. The standard InChI is InChI=1S/C25H38N2O6S/c1-18(2)27(34(30,31)17-25-10-9-19(13-22(25)28)24(25,3)4)16-23(29)26(14-20-7-5-11-32-20)15-21-8-6-12-33-21/h5,7,11,18-19,21H,6,8-10,12-17H2,1-4H3. The molecule has 1 amide bonds. The average molecular weight is 495 g/mol. The smallest absolute Gasteiger partial charge is 0.238 e. The summed E-state index contributed by atoms with van der Waals surface area (Å²) in [4.78, 5) is 28.1. The first kappa shape index (κ1) is 25.4. The first-order valence-corrected chi connectivity index (χ1v) is 14.0. The van der Waals surface area contributed by atoms with Crippen LogP contribution in [0.15, 0.2) is 22.8 Å². The summed E-state index contributed by atoms with van der Waals surface area (Å²) in [6, 6.07) is 3.16. The molecule has 8 nitrogen and oxygen atoms in total. The lowest BCUT2D eigenvalue weighted by Gasteiger charge is -2.38. The van der Waals surface area contributed by atoms with Gasteiger partial charge in [-0.2, -0.15) is 4.31 Å². The lowest BCUT2D eigenvalue weighted by molar-refractivity contribution is -0.134. The normalized spacial score (nSPS) is 28.4. The molecular weight excluding hydrogens is 456 g/mol. The summed E-state index contributed by atoms with van der Waals surface area (Å²) < 4.78 is 39.9. The van der Waals surface area contributed by atoms with Gasteiger partial charge in [0.25, 0.3) is 0 Å². The van der Waals surface area contributed by atoms with Crippen molar-refractivity contribution in [1.82, 2.24) is 9.21 Å². The van der Waals surface area contributed by atoms with Crippen LogP contribution in [0.5, 0.6) is 0 Å². The molecule has 0 radical (unpaired) electrons. The van der Waals surface area contributed by atoms with E-state index < -0.39 is 21.5 Å². The molecule has 4 rings (SSSR count).